The Morgan fingerprint density at radius 2 is 2.13 bits per heavy atom. The molecule has 1 N–H and O–H groups in total. The standard InChI is InChI=1S/C7H2BrF2N3O2/c8-3-1-2(7(14)15)4(9)5(10)6(3)12-13-11/h1H,(H,14,15). The lowest BCUT2D eigenvalue weighted by molar-refractivity contribution is 0.0690. The molecule has 0 saturated carbocycles. The minimum atomic E-state index is -1.61. The Hall–Kier alpha value is -1.66. The van der Waals surface area contributed by atoms with Crippen LogP contribution in [0.4, 0.5) is 14.5 Å². The second kappa shape index (κ2) is 4.24. The van der Waals surface area contributed by atoms with Gasteiger partial charge in [0.05, 0.1) is 11.3 Å². The number of carbonyl (C=O) groups is 1. The molecule has 78 valence electrons. The molecule has 8 heteroatoms. The lowest BCUT2D eigenvalue weighted by atomic mass is 10.2. The first kappa shape index (κ1) is 11.4. The predicted octanol–water partition coefficient (Wildman–Crippen LogP) is 3.37. The molecule has 1 aromatic carbocycles. The number of rotatable bonds is 2. The van der Waals surface area contributed by atoms with Crippen LogP contribution in [0.1, 0.15) is 10.4 Å². The van der Waals surface area contributed by atoms with Crippen LogP contribution in [-0.2, 0) is 0 Å². The number of nitrogens with zero attached hydrogens (tertiary/aromatic N) is 3. The van der Waals surface area contributed by atoms with Crippen molar-refractivity contribution in [2.24, 2.45) is 5.11 Å². The molecule has 0 aromatic heterocycles. The van der Waals surface area contributed by atoms with Gasteiger partial charge in [0.15, 0.2) is 11.6 Å². The average molecular weight is 278 g/mol. The van der Waals surface area contributed by atoms with Gasteiger partial charge in [0.1, 0.15) is 0 Å². The highest BCUT2D eigenvalue weighted by molar-refractivity contribution is 9.10. The summed E-state index contributed by atoms with van der Waals surface area (Å²) in [6, 6.07) is 0.824. The highest BCUT2D eigenvalue weighted by Crippen LogP contribution is 2.32. The van der Waals surface area contributed by atoms with Crippen molar-refractivity contribution in [1.82, 2.24) is 0 Å². The van der Waals surface area contributed by atoms with E-state index in [0.29, 0.717) is 0 Å². The molecule has 0 radical (unpaired) electrons. The van der Waals surface area contributed by atoms with Crippen molar-refractivity contribution in [3.8, 4) is 0 Å². The van der Waals surface area contributed by atoms with Gasteiger partial charge in [-0.1, -0.05) is 21.0 Å². The Morgan fingerprint density at radius 1 is 1.53 bits per heavy atom. The minimum absolute atomic E-state index is 0.128. The van der Waals surface area contributed by atoms with E-state index in [1.54, 1.807) is 0 Å². The van der Waals surface area contributed by atoms with Crippen LogP contribution in [0.3, 0.4) is 0 Å². The van der Waals surface area contributed by atoms with E-state index in [1.165, 1.54) is 0 Å². The van der Waals surface area contributed by atoms with Crippen LogP contribution < -0.4 is 0 Å². The summed E-state index contributed by atoms with van der Waals surface area (Å²) < 4.78 is 26.1. The molecule has 15 heavy (non-hydrogen) atoms. The van der Waals surface area contributed by atoms with Gasteiger partial charge >= 0.3 is 5.97 Å². The molecule has 0 aliphatic carbocycles. The van der Waals surface area contributed by atoms with Gasteiger partial charge in [-0.15, -0.1) is 0 Å². The van der Waals surface area contributed by atoms with E-state index in [0.717, 1.165) is 6.07 Å². The zero-order chi connectivity index (χ0) is 11.6. The van der Waals surface area contributed by atoms with Crippen LogP contribution in [0.25, 0.3) is 10.4 Å². The molecule has 0 amide bonds. The zero-order valence-electron chi connectivity index (χ0n) is 6.91. The summed E-state index contributed by atoms with van der Waals surface area (Å²) in [5.41, 5.74) is 6.62. The normalized spacial score (nSPS) is 9.53. The number of halogens is 3. The summed E-state index contributed by atoms with van der Waals surface area (Å²) in [6.45, 7) is 0. The molecule has 1 aromatic rings. The summed E-state index contributed by atoms with van der Waals surface area (Å²) in [5.74, 6) is -4.67. The third-order valence-electron chi connectivity index (χ3n) is 1.51. The van der Waals surface area contributed by atoms with Gasteiger partial charge in [-0.2, -0.15) is 0 Å². The van der Waals surface area contributed by atoms with Crippen molar-refractivity contribution < 1.29 is 18.7 Å². The maximum Gasteiger partial charge on any atom is 0.338 e. The Balaban J connectivity index is 3.57. The topological polar surface area (TPSA) is 86.1 Å². The summed E-state index contributed by atoms with van der Waals surface area (Å²) in [5, 5.41) is 11.4. The van der Waals surface area contributed by atoms with Gasteiger partial charge < -0.3 is 5.11 Å². The third-order valence-corrected chi connectivity index (χ3v) is 2.11. The van der Waals surface area contributed by atoms with Crippen molar-refractivity contribution in [2.75, 3.05) is 0 Å². The van der Waals surface area contributed by atoms with E-state index in [-0.39, 0.29) is 4.47 Å². The number of carboxylic acid groups (broad SMARTS) is 1. The van der Waals surface area contributed by atoms with Gasteiger partial charge in [0, 0.05) is 9.38 Å². The van der Waals surface area contributed by atoms with E-state index in [9.17, 15) is 13.6 Å². The van der Waals surface area contributed by atoms with Crippen LogP contribution >= 0.6 is 15.9 Å². The van der Waals surface area contributed by atoms with Crippen molar-refractivity contribution >= 4 is 27.6 Å². The quantitative estimate of drug-likeness (QED) is 0.389. The predicted molar refractivity (Wildman–Crippen MR) is 49.8 cm³/mol. The van der Waals surface area contributed by atoms with Crippen LogP contribution in [0.2, 0.25) is 0 Å². The first-order chi connectivity index (χ1) is 6.99. The minimum Gasteiger partial charge on any atom is -0.478 e. The molecule has 0 fully saturated rings. The molecule has 0 heterocycles. The van der Waals surface area contributed by atoms with E-state index >= 15 is 0 Å². The fraction of sp³-hybridized carbons (Fsp3) is 0. The largest absolute Gasteiger partial charge is 0.478 e. The van der Waals surface area contributed by atoms with E-state index in [2.05, 4.69) is 26.0 Å². The van der Waals surface area contributed by atoms with Gasteiger partial charge in [0.2, 0.25) is 0 Å². The summed E-state index contributed by atoms with van der Waals surface area (Å²) in [4.78, 5) is 12.7. The third kappa shape index (κ3) is 2.05. The Bertz CT molecular complexity index is 486. The number of hydrogen-bond donors (Lipinski definition) is 1. The zero-order valence-corrected chi connectivity index (χ0v) is 8.49. The SMILES string of the molecule is [N-]=[N+]=Nc1c(Br)cc(C(=O)O)c(F)c1F. The molecule has 5 nitrogen and oxygen atoms in total. The summed E-state index contributed by atoms with van der Waals surface area (Å²) in [6.07, 6.45) is 0. The van der Waals surface area contributed by atoms with Gasteiger partial charge in [0.25, 0.3) is 0 Å². The Morgan fingerprint density at radius 3 is 2.60 bits per heavy atom. The lowest BCUT2D eigenvalue weighted by Gasteiger charge is -2.03. The fourth-order valence-corrected chi connectivity index (χ4v) is 1.36. The molecular formula is C7H2BrF2N3O2. The van der Waals surface area contributed by atoms with Crippen molar-refractivity contribution in [3.63, 3.8) is 0 Å². The highest BCUT2D eigenvalue weighted by atomic mass is 79.9. The average Bonchev–Trinajstić information content (AvgIpc) is 2.18. The number of benzene rings is 1. The molecule has 0 spiro atoms. The first-order valence-electron chi connectivity index (χ1n) is 3.45. The maximum absolute atomic E-state index is 13.1. The van der Waals surface area contributed by atoms with Crippen LogP contribution in [-0.4, -0.2) is 11.1 Å². The maximum atomic E-state index is 13.1. The van der Waals surface area contributed by atoms with E-state index in [1.807, 2.05) is 0 Å². The van der Waals surface area contributed by atoms with Crippen LogP contribution in [0.5, 0.6) is 0 Å². The van der Waals surface area contributed by atoms with Gasteiger partial charge in [-0.25, -0.2) is 13.6 Å². The number of hydrogen-bond acceptors (Lipinski definition) is 2. The summed E-state index contributed by atoms with van der Waals surface area (Å²) in [7, 11) is 0. The lowest BCUT2D eigenvalue weighted by Crippen LogP contribution is -2.03. The molecule has 1 rings (SSSR count). The van der Waals surface area contributed by atoms with Gasteiger partial charge in [-0.05, 0) is 11.6 Å². The van der Waals surface area contributed by atoms with E-state index < -0.39 is 28.9 Å². The molecule has 0 aliphatic heterocycles. The molecule has 0 bridgehead atoms. The second-order valence-corrected chi connectivity index (χ2v) is 3.23. The van der Waals surface area contributed by atoms with Gasteiger partial charge in [-0.3, -0.25) is 0 Å². The molecule has 0 unspecified atom stereocenters. The van der Waals surface area contributed by atoms with E-state index in [4.69, 9.17) is 10.6 Å². The molecule has 0 aliphatic rings. The fourth-order valence-electron chi connectivity index (χ4n) is 0.877. The Kier molecular flexibility index (Phi) is 3.23. The molecule has 0 saturated heterocycles. The Labute approximate surface area is 90.1 Å². The summed E-state index contributed by atoms with van der Waals surface area (Å²) >= 11 is 2.77. The number of aromatic carboxylic acids is 1. The molecule has 0 atom stereocenters. The highest BCUT2D eigenvalue weighted by Gasteiger charge is 2.20. The van der Waals surface area contributed by atoms with Crippen molar-refractivity contribution in [2.45, 2.75) is 0 Å². The van der Waals surface area contributed by atoms with Crippen molar-refractivity contribution in [3.05, 3.63) is 38.2 Å². The van der Waals surface area contributed by atoms with Crippen LogP contribution in [0, 0.1) is 11.6 Å². The second-order valence-electron chi connectivity index (χ2n) is 2.38. The molecular weight excluding hydrogens is 276 g/mol. The smallest absolute Gasteiger partial charge is 0.338 e. The number of azide groups is 1. The number of carboxylic acids is 1. The first-order valence-corrected chi connectivity index (χ1v) is 4.24. The van der Waals surface area contributed by atoms with Crippen LogP contribution in [0.15, 0.2) is 15.7 Å². The monoisotopic (exact) mass is 277 g/mol. The van der Waals surface area contributed by atoms with Crippen molar-refractivity contribution in [1.29, 1.82) is 0 Å².